The number of carbonyl (C=O) groups is 1. The van der Waals surface area contributed by atoms with E-state index in [1.165, 1.54) is 0 Å². The molecule has 0 unspecified atom stereocenters. The van der Waals surface area contributed by atoms with Crippen LogP contribution < -0.4 is 5.32 Å². The number of amides is 1. The van der Waals surface area contributed by atoms with Crippen molar-refractivity contribution in [1.82, 2.24) is 24.6 Å². The van der Waals surface area contributed by atoms with Gasteiger partial charge in [0.05, 0.1) is 30.0 Å². The molecule has 0 bridgehead atoms. The van der Waals surface area contributed by atoms with Gasteiger partial charge in [0.25, 0.3) is 5.91 Å². The molecule has 2 aliphatic rings. The van der Waals surface area contributed by atoms with E-state index in [1.807, 2.05) is 11.9 Å². The molecule has 1 spiro atoms. The van der Waals surface area contributed by atoms with Crippen LogP contribution in [0.1, 0.15) is 36.0 Å². The minimum absolute atomic E-state index is 0.0384. The maximum absolute atomic E-state index is 12.7. The highest BCUT2D eigenvalue weighted by Gasteiger charge is 2.44. The van der Waals surface area contributed by atoms with Gasteiger partial charge in [0.1, 0.15) is 0 Å². The molecule has 2 aliphatic heterocycles. The molecule has 26 heavy (non-hydrogen) atoms. The number of carbonyl (C=O) groups excluding carboxylic acids is 1. The normalized spacial score (nSPS) is 25.6. The molecule has 0 radical (unpaired) electrons. The van der Waals surface area contributed by atoms with Gasteiger partial charge in [-0.1, -0.05) is 0 Å². The first-order valence-corrected chi connectivity index (χ1v) is 9.10. The van der Waals surface area contributed by atoms with Crippen molar-refractivity contribution in [1.29, 1.82) is 0 Å². The Balaban J connectivity index is 1.35. The Morgan fingerprint density at radius 1 is 1.38 bits per heavy atom. The number of rotatable bonds is 4. The molecule has 4 heterocycles. The summed E-state index contributed by atoms with van der Waals surface area (Å²) in [4.78, 5) is 22.9. The number of hydrogen-bond donors (Lipinski definition) is 1. The summed E-state index contributed by atoms with van der Waals surface area (Å²) in [5, 5.41) is 7.34. The van der Waals surface area contributed by atoms with Crippen molar-refractivity contribution in [3.8, 4) is 0 Å². The van der Waals surface area contributed by atoms with Gasteiger partial charge in [0.2, 0.25) is 5.95 Å². The van der Waals surface area contributed by atoms with Gasteiger partial charge < -0.3 is 15.0 Å². The summed E-state index contributed by atoms with van der Waals surface area (Å²) in [5.74, 6) is 0.659. The SMILES string of the molecule is Cn1cc(C(=O)N2CC[C@@]3(CCC[C@@H](CNc4ncccn4)O3)C2)cn1. The third-order valence-electron chi connectivity index (χ3n) is 5.18. The van der Waals surface area contributed by atoms with E-state index >= 15 is 0 Å². The van der Waals surface area contributed by atoms with Crippen molar-refractivity contribution in [2.45, 2.75) is 37.4 Å². The highest BCUT2D eigenvalue weighted by Crippen LogP contribution is 2.37. The first-order valence-electron chi connectivity index (χ1n) is 9.10. The lowest BCUT2D eigenvalue weighted by atomic mass is 9.90. The Bertz CT molecular complexity index is 764. The van der Waals surface area contributed by atoms with E-state index < -0.39 is 0 Å². The number of aromatic nitrogens is 4. The number of ether oxygens (including phenoxy) is 1. The first-order chi connectivity index (χ1) is 12.6. The lowest BCUT2D eigenvalue weighted by Crippen LogP contribution is -2.45. The molecule has 2 aromatic heterocycles. The van der Waals surface area contributed by atoms with Gasteiger partial charge in [-0.15, -0.1) is 0 Å². The second kappa shape index (κ2) is 7.03. The van der Waals surface area contributed by atoms with Gasteiger partial charge in [0.15, 0.2) is 0 Å². The van der Waals surface area contributed by atoms with Gasteiger partial charge >= 0.3 is 0 Å². The zero-order valence-electron chi connectivity index (χ0n) is 15.0. The summed E-state index contributed by atoms with van der Waals surface area (Å²) in [6.07, 6.45) is 11.0. The fourth-order valence-electron chi connectivity index (χ4n) is 3.90. The zero-order chi connectivity index (χ0) is 18.0. The standard InChI is InChI=1S/C18H24N6O2/c1-23-12-14(10-22-23)16(25)24-9-6-18(13-24)5-2-4-15(26-18)11-21-17-19-7-3-8-20-17/h3,7-8,10,12,15H,2,4-6,9,11,13H2,1H3,(H,19,20,21)/t15-,18-/m0/s1. The molecular formula is C18H24N6O2. The summed E-state index contributed by atoms with van der Waals surface area (Å²) in [7, 11) is 1.82. The molecular weight excluding hydrogens is 332 g/mol. The molecule has 138 valence electrons. The van der Waals surface area contributed by atoms with Crippen LogP contribution >= 0.6 is 0 Å². The van der Waals surface area contributed by atoms with Crippen LogP contribution in [0.2, 0.25) is 0 Å². The second-order valence-electron chi connectivity index (χ2n) is 7.15. The Morgan fingerprint density at radius 3 is 3.00 bits per heavy atom. The van der Waals surface area contributed by atoms with Crippen molar-refractivity contribution in [2.24, 2.45) is 7.05 Å². The maximum Gasteiger partial charge on any atom is 0.257 e. The fourth-order valence-corrected chi connectivity index (χ4v) is 3.90. The molecule has 2 aromatic rings. The number of nitrogens with one attached hydrogen (secondary N) is 1. The van der Waals surface area contributed by atoms with Crippen molar-refractivity contribution < 1.29 is 9.53 Å². The van der Waals surface area contributed by atoms with E-state index in [-0.39, 0.29) is 17.6 Å². The van der Waals surface area contributed by atoms with Crippen LogP contribution in [0.5, 0.6) is 0 Å². The smallest absolute Gasteiger partial charge is 0.257 e. The summed E-state index contributed by atoms with van der Waals surface area (Å²) in [5.41, 5.74) is 0.416. The maximum atomic E-state index is 12.7. The van der Waals surface area contributed by atoms with Crippen LogP contribution in [0.3, 0.4) is 0 Å². The average molecular weight is 356 g/mol. The summed E-state index contributed by atoms with van der Waals surface area (Å²) in [6.45, 7) is 2.07. The van der Waals surface area contributed by atoms with Crippen LogP contribution in [0.4, 0.5) is 5.95 Å². The fraction of sp³-hybridized carbons (Fsp3) is 0.556. The summed E-state index contributed by atoms with van der Waals surface area (Å²) < 4.78 is 8.10. The molecule has 8 nitrogen and oxygen atoms in total. The molecule has 1 amide bonds. The van der Waals surface area contributed by atoms with Crippen molar-refractivity contribution in [3.05, 3.63) is 36.4 Å². The quantitative estimate of drug-likeness (QED) is 0.893. The third-order valence-corrected chi connectivity index (χ3v) is 5.18. The zero-order valence-corrected chi connectivity index (χ0v) is 15.0. The lowest BCUT2D eigenvalue weighted by Gasteiger charge is -2.38. The van der Waals surface area contributed by atoms with E-state index in [9.17, 15) is 4.79 Å². The van der Waals surface area contributed by atoms with Crippen LogP contribution in [0, 0.1) is 0 Å². The molecule has 4 rings (SSSR count). The molecule has 1 N–H and O–H groups in total. The van der Waals surface area contributed by atoms with Crippen LogP contribution in [0.25, 0.3) is 0 Å². The van der Waals surface area contributed by atoms with Crippen LogP contribution in [-0.2, 0) is 11.8 Å². The minimum Gasteiger partial charge on any atom is -0.368 e. The molecule has 0 saturated carbocycles. The Morgan fingerprint density at radius 2 is 2.23 bits per heavy atom. The average Bonchev–Trinajstić information content (AvgIpc) is 3.27. The van der Waals surface area contributed by atoms with E-state index in [1.54, 1.807) is 35.5 Å². The highest BCUT2D eigenvalue weighted by molar-refractivity contribution is 5.94. The number of hydrogen-bond acceptors (Lipinski definition) is 6. The van der Waals surface area contributed by atoms with Gasteiger partial charge in [-0.3, -0.25) is 9.48 Å². The van der Waals surface area contributed by atoms with Crippen molar-refractivity contribution in [2.75, 3.05) is 25.0 Å². The number of nitrogens with zero attached hydrogens (tertiary/aromatic N) is 5. The summed E-state index contributed by atoms with van der Waals surface area (Å²) >= 11 is 0. The molecule has 0 aromatic carbocycles. The van der Waals surface area contributed by atoms with Crippen LogP contribution in [0.15, 0.2) is 30.9 Å². The van der Waals surface area contributed by atoms with E-state index in [0.717, 1.165) is 32.2 Å². The molecule has 2 atom stereocenters. The van der Waals surface area contributed by atoms with Crippen LogP contribution in [-0.4, -0.2) is 61.9 Å². The van der Waals surface area contributed by atoms with E-state index in [4.69, 9.17) is 4.74 Å². The highest BCUT2D eigenvalue weighted by atomic mass is 16.5. The lowest BCUT2D eigenvalue weighted by molar-refractivity contribution is -0.114. The Kier molecular flexibility index (Phi) is 4.58. The van der Waals surface area contributed by atoms with E-state index in [0.29, 0.717) is 24.6 Å². The first kappa shape index (κ1) is 17.0. The predicted octanol–water partition coefficient (Wildman–Crippen LogP) is 1.48. The summed E-state index contributed by atoms with van der Waals surface area (Å²) in [6, 6.07) is 1.80. The minimum atomic E-state index is -0.222. The van der Waals surface area contributed by atoms with Crippen molar-refractivity contribution in [3.63, 3.8) is 0 Å². The Hall–Kier alpha value is -2.48. The predicted molar refractivity (Wildman–Crippen MR) is 95.7 cm³/mol. The monoisotopic (exact) mass is 356 g/mol. The number of likely N-dealkylation sites (tertiary alicyclic amines) is 1. The van der Waals surface area contributed by atoms with Crippen molar-refractivity contribution >= 4 is 11.9 Å². The number of aryl methyl sites for hydroxylation is 1. The van der Waals surface area contributed by atoms with Gasteiger partial charge in [-0.05, 0) is 31.7 Å². The second-order valence-corrected chi connectivity index (χ2v) is 7.15. The number of anilines is 1. The van der Waals surface area contributed by atoms with E-state index in [2.05, 4.69) is 20.4 Å². The molecule has 2 fully saturated rings. The largest absolute Gasteiger partial charge is 0.368 e. The van der Waals surface area contributed by atoms with Gasteiger partial charge in [-0.25, -0.2) is 9.97 Å². The molecule has 8 heteroatoms. The van der Waals surface area contributed by atoms with Gasteiger partial charge in [-0.2, -0.15) is 5.10 Å². The topological polar surface area (TPSA) is 85.2 Å². The Labute approximate surface area is 152 Å². The third kappa shape index (κ3) is 3.55. The molecule has 2 saturated heterocycles. The molecule has 0 aliphatic carbocycles. The van der Waals surface area contributed by atoms with Gasteiger partial charge in [0, 0.05) is 38.7 Å².